The number of halogens is 1. The van der Waals surface area contributed by atoms with Gasteiger partial charge in [0.1, 0.15) is 12.4 Å². The van der Waals surface area contributed by atoms with Gasteiger partial charge in [-0.25, -0.2) is 0 Å². The van der Waals surface area contributed by atoms with E-state index in [0.717, 1.165) is 33.5 Å². The Labute approximate surface area is 179 Å². The van der Waals surface area contributed by atoms with Crippen LogP contribution in [0.5, 0.6) is 5.75 Å². The van der Waals surface area contributed by atoms with Gasteiger partial charge in [0, 0.05) is 38.8 Å². The van der Waals surface area contributed by atoms with Crippen LogP contribution in [0, 0.1) is 0 Å². The highest BCUT2D eigenvalue weighted by atomic mass is 35.5. The number of ether oxygens (including phenoxy) is 1. The molecule has 4 nitrogen and oxygen atoms in total. The van der Waals surface area contributed by atoms with Gasteiger partial charge in [0.05, 0.1) is 12.2 Å². The van der Waals surface area contributed by atoms with Gasteiger partial charge in [0.25, 0.3) is 5.91 Å². The first-order chi connectivity index (χ1) is 14.7. The number of benzene rings is 3. The number of carbonyl (C=O) groups is 1. The first-order valence-electron chi connectivity index (χ1n) is 9.78. The van der Waals surface area contributed by atoms with Gasteiger partial charge in [0.15, 0.2) is 0 Å². The summed E-state index contributed by atoms with van der Waals surface area (Å²) in [6, 6.07) is 23.5. The smallest absolute Gasteiger partial charge is 0.256 e. The monoisotopic (exact) mass is 414 g/mol. The molecule has 0 radical (unpaired) electrons. The van der Waals surface area contributed by atoms with E-state index < -0.39 is 0 Å². The zero-order chi connectivity index (χ0) is 20.5. The highest BCUT2D eigenvalue weighted by molar-refractivity contribution is 6.36. The van der Waals surface area contributed by atoms with Crippen LogP contribution in [0.1, 0.15) is 11.1 Å². The maximum atomic E-state index is 12.6. The molecule has 2 heterocycles. The van der Waals surface area contributed by atoms with Crippen LogP contribution in [0.3, 0.4) is 0 Å². The average Bonchev–Trinajstić information content (AvgIpc) is 3.26. The van der Waals surface area contributed by atoms with Gasteiger partial charge < -0.3 is 14.6 Å². The van der Waals surface area contributed by atoms with E-state index in [1.807, 2.05) is 54.6 Å². The van der Waals surface area contributed by atoms with Gasteiger partial charge in [-0.15, -0.1) is 0 Å². The number of hydrogen-bond acceptors (Lipinski definition) is 2. The molecule has 0 fully saturated rings. The van der Waals surface area contributed by atoms with Crippen LogP contribution >= 0.6 is 11.6 Å². The van der Waals surface area contributed by atoms with Crippen molar-refractivity contribution < 1.29 is 9.53 Å². The van der Waals surface area contributed by atoms with Crippen LogP contribution in [0.2, 0.25) is 5.02 Å². The number of hydrogen-bond donors (Lipinski definition) is 1. The minimum absolute atomic E-state index is 0.114. The van der Waals surface area contributed by atoms with Crippen molar-refractivity contribution in [3.63, 3.8) is 0 Å². The van der Waals surface area contributed by atoms with E-state index in [1.54, 1.807) is 12.1 Å². The van der Waals surface area contributed by atoms with E-state index in [2.05, 4.69) is 28.2 Å². The number of carbonyl (C=O) groups excluding carboxylic acids is 1. The minimum Gasteiger partial charge on any atom is -0.492 e. The van der Waals surface area contributed by atoms with Crippen LogP contribution in [-0.4, -0.2) is 17.1 Å². The summed E-state index contributed by atoms with van der Waals surface area (Å²) in [7, 11) is 0. The molecule has 3 aromatic carbocycles. The summed E-state index contributed by atoms with van der Waals surface area (Å²) < 4.78 is 8.03. The summed E-state index contributed by atoms with van der Waals surface area (Å²) in [5.41, 5.74) is 4.37. The Bertz CT molecular complexity index is 1280. The van der Waals surface area contributed by atoms with E-state index in [1.165, 1.54) is 0 Å². The lowest BCUT2D eigenvalue weighted by Gasteiger charge is -2.08. The molecule has 5 rings (SSSR count). The van der Waals surface area contributed by atoms with E-state index >= 15 is 0 Å². The van der Waals surface area contributed by atoms with Crippen LogP contribution in [0.15, 0.2) is 79.0 Å². The molecule has 0 bridgehead atoms. The van der Waals surface area contributed by atoms with Crippen LogP contribution in [0.4, 0.5) is 5.69 Å². The van der Waals surface area contributed by atoms with Gasteiger partial charge in [0.2, 0.25) is 0 Å². The van der Waals surface area contributed by atoms with Crippen molar-refractivity contribution in [1.82, 2.24) is 4.57 Å². The molecule has 0 spiro atoms. The second-order valence-corrected chi connectivity index (χ2v) is 7.59. The fourth-order valence-electron chi connectivity index (χ4n) is 3.82. The Kier molecular flexibility index (Phi) is 4.77. The summed E-state index contributed by atoms with van der Waals surface area (Å²) in [5, 5.41) is 4.60. The lowest BCUT2D eigenvalue weighted by molar-refractivity contribution is -0.110. The Morgan fingerprint density at radius 3 is 2.67 bits per heavy atom. The van der Waals surface area contributed by atoms with Gasteiger partial charge >= 0.3 is 0 Å². The predicted molar refractivity (Wildman–Crippen MR) is 122 cm³/mol. The van der Waals surface area contributed by atoms with Crippen molar-refractivity contribution in [1.29, 1.82) is 0 Å². The topological polar surface area (TPSA) is 43.3 Å². The van der Waals surface area contributed by atoms with E-state index in [0.29, 0.717) is 23.7 Å². The molecule has 1 aliphatic rings. The van der Waals surface area contributed by atoms with Crippen molar-refractivity contribution in [2.24, 2.45) is 0 Å². The Balaban J connectivity index is 1.47. The zero-order valence-electron chi connectivity index (χ0n) is 16.1. The zero-order valence-corrected chi connectivity index (χ0v) is 16.9. The molecule has 0 unspecified atom stereocenters. The number of nitrogens with one attached hydrogen (secondary N) is 1. The number of fused-ring (bicyclic) bond motifs is 2. The number of para-hydroxylation sites is 2. The maximum Gasteiger partial charge on any atom is 0.256 e. The quantitative estimate of drug-likeness (QED) is 0.415. The molecule has 0 aliphatic carbocycles. The number of anilines is 1. The lowest BCUT2D eigenvalue weighted by Crippen LogP contribution is -2.07. The third-order valence-corrected chi connectivity index (χ3v) is 5.46. The molecule has 0 saturated carbocycles. The Morgan fingerprint density at radius 1 is 1.00 bits per heavy atom. The van der Waals surface area contributed by atoms with E-state index in [-0.39, 0.29) is 5.91 Å². The summed E-state index contributed by atoms with van der Waals surface area (Å²) in [5.74, 6) is 0.741. The van der Waals surface area contributed by atoms with E-state index in [9.17, 15) is 4.79 Å². The van der Waals surface area contributed by atoms with Crippen molar-refractivity contribution in [2.75, 3.05) is 11.9 Å². The largest absolute Gasteiger partial charge is 0.492 e. The first kappa shape index (κ1) is 18.5. The predicted octanol–water partition coefficient (Wildman–Crippen LogP) is 5.87. The van der Waals surface area contributed by atoms with Gasteiger partial charge in [-0.2, -0.15) is 0 Å². The standard InChI is InChI=1S/C25H19ClN2O2/c26-18-10-11-21-22(25(29)27-23(21)15-18)14-17-16-28(24-9-5-4-8-20(17)24)12-13-30-19-6-2-1-3-7-19/h1-11,14-16H,12-13H2,(H,27,29)/b22-14+. The van der Waals surface area contributed by atoms with Gasteiger partial charge in [-0.05, 0) is 36.4 Å². The third-order valence-electron chi connectivity index (χ3n) is 5.23. The van der Waals surface area contributed by atoms with E-state index in [4.69, 9.17) is 16.3 Å². The van der Waals surface area contributed by atoms with Crippen LogP contribution in [0.25, 0.3) is 22.6 Å². The summed E-state index contributed by atoms with van der Waals surface area (Å²) in [6.07, 6.45) is 4.03. The number of amides is 1. The number of nitrogens with zero attached hydrogens (tertiary/aromatic N) is 1. The maximum absolute atomic E-state index is 12.6. The molecule has 1 aliphatic heterocycles. The van der Waals surface area contributed by atoms with Crippen molar-refractivity contribution in [3.8, 4) is 5.75 Å². The fourth-order valence-corrected chi connectivity index (χ4v) is 3.99. The van der Waals surface area contributed by atoms with Gasteiger partial charge in [-0.3, -0.25) is 4.79 Å². The highest BCUT2D eigenvalue weighted by Gasteiger charge is 2.24. The van der Waals surface area contributed by atoms with Crippen LogP contribution in [-0.2, 0) is 11.3 Å². The molecule has 148 valence electrons. The molecular formula is C25H19ClN2O2. The summed E-state index contributed by atoms with van der Waals surface area (Å²) in [4.78, 5) is 12.6. The lowest BCUT2D eigenvalue weighted by atomic mass is 10.0. The molecule has 0 atom stereocenters. The third kappa shape index (κ3) is 3.46. The fraction of sp³-hybridized carbons (Fsp3) is 0.0800. The molecular weight excluding hydrogens is 396 g/mol. The average molecular weight is 415 g/mol. The van der Waals surface area contributed by atoms with Crippen molar-refractivity contribution in [2.45, 2.75) is 6.54 Å². The highest BCUT2D eigenvalue weighted by Crippen LogP contribution is 2.36. The normalized spacial score (nSPS) is 14.2. The number of aromatic nitrogens is 1. The second kappa shape index (κ2) is 7.73. The Morgan fingerprint density at radius 2 is 1.80 bits per heavy atom. The molecule has 1 amide bonds. The molecule has 30 heavy (non-hydrogen) atoms. The summed E-state index contributed by atoms with van der Waals surface area (Å²) in [6.45, 7) is 1.26. The first-order valence-corrected chi connectivity index (χ1v) is 10.2. The molecule has 5 heteroatoms. The molecule has 0 saturated heterocycles. The molecule has 1 aromatic heterocycles. The second-order valence-electron chi connectivity index (χ2n) is 7.16. The minimum atomic E-state index is -0.114. The van der Waals surface area contributed by atoms with Crippen molar-refractivity contribution in [3.05, 3.63) is 95.1 Å². The SMILES string of the molecule is O=C1Nc2cc(Cl)ccc2/C1=C\c1cn(CCOc2ccccc2)c2ccccc12. The molecule has 4 aromatic rings. The van der Waals surface area contributed by atoms with Crippen LogP contribution < -0.4 is 10.1 Å². The van der Waals surface area contributed by atoms with Crippen molar-refractivity contribution >= 4 is 45.7 Å². The molecule has 1 N–H and O–H groups in total. The summed E-state index contributed by atoms with van der Waals surface area (Å²) >= 11 is 6.07. The van der Waals surface area contributed by atoms with Gasteiger partial charge in [-0.1, -0.05) is 54.1 Å². The Hall–Kier alpha value is -3.50. The number of rotatable bonds is 5.